The van der Waals surface area contributed by atoms with E-state index in [1.165, 1.54) is 28.9 Å². The minimum Gasteiger partial charge on any atom is -0.366 e. The molecule has 2 aromatic carbocycles. The van der Waals surface area contributed by atoms with Crippen LogP contribution in [0.4, 0.5) is 5.00 Å². The molecule has 2 amide bonds. The highest BCUT2D eigenvalue weighted by atomic mass is 32.1. The standard InChI is InChI=1S/C22H20N2O2S/c23-20(25)18-13-19(15-7-2-1-3-8-15)27-22(18)24-21(26)17-11-10-14-6-4-5-9-16(14)12-17/h1-3,7-8,10-13H,4-6,9H2,(H2,23,25)(H,24,26). The molecule has 1 aliphatic carbocycles. The van der Waals surface area contributed by atoms with Crippen LogP contribution in [0.5, 0.6) is 0 Å². The molecule has 1 heterocycles. The van der Waals surface area contributed by atoms with E-state index in [9.17, 15) is 9.59 Å². The zero-order valence-corrected chi connectivity index (χ0v) is 15.6. The smallest absolute Gasteiger partial charge is 0.256 e. The number of thiophene rings is 1. The molecule has 0 atom stereocenters. The number of carbonyl (C=O) groups is 2. The van der Waals surface area contributed by atoms with Crippen LogP contribution in [0.25, 0.3) is 10.4 Å². The first-order valence-corrected chi connectivity index (χ1v) is 9.85. The number of fused-ring (bicyclic) bond motifs is 1. The Kier molecular flexibility index (Phi) is 4.77. The van der Waals surface area contributed by atoms with Gasteiger partial charge in [-0.2, -0.15) is 0 Å². The molecule has 3 aromatic rings. The fourth-order valence-electron chi connectivity index (χ4n) is 3.46. The number of anilines is 1. The first-order chi connectivity index (χ1) is 13.1. The lowest BCUT2D eigenvalue weighted by Crippen LogP contribution is -2.17. The molecule has 4 nitrogen and oxygen atoms in total. The van der Waals surface area contributed by atoms with E-state index in [0.717, 1.165) is 29.7 Å². The van der Waals surface area contributed by atoms with E-state index >= 15 is 0 Å². The predicted molar refractivity (Wildman–Crippen MR) is 109 cm³/mol. The third-order valence-corrected chi connectivity index (χ3v) is 5.99. The van der Waals surface area contributed by atoms with Crippen molar-refractivity contribution in [1.82, 2.24) is 0 Å². The molecule has 27 heavy (non-hydrogen) atoms. The van der Waals surface area contributed by atoms with Gasteiger partial charge in [0.25, 0.3) is 11.8 Å². The van der Waals surface area contributed by atoms with E-state index in [1.807, 2.05) is 48.5 Å². The fraction of sp³-hybridized carbons (Fsp3) is 0.182. The number of amides is 2. The molecule has 0 radical (unpaired) electrons. The van der Waals surface area contributed by atoms with Crippen LogP contribution in [0.3, 0.4) is 0 Å². The molecule has 1 aliphatic rings. The van der Waals surface area contributed by atoms with Gasteiger partial charge in [0.15, 0.2) is 0 Å². The molecule has 0 saturated heterocycles. The summed E-state index contributed by atoms with van der Waals surface area (Å²) in [7, 11) is 0. The average molecular weight is 376 g/mol. The monoisotopic (exact) mass is 376 g/mol. The Morgan fingerprint density at radius 1 is 0.926 bits per heavy atom. The maximum Gasteiger partial charge on any atom is 0.256 e. The molecule has 0 saturated carbocycles. The molecule has 1 aromatic heterocycles. The van der Waals surface area contributed by atoms with Crippen LogP contribution < -0.4 is 11.1 Å². The Morgan fingerprint density at radius 3 is 2.41 bits per heavy atom. The lowest BCUT2D eigenvalue weighted by molar-refractivity contribution is 0.100. The number of carbonyl (C=O) groups excluding carboxylic acids is 2. The van der Waals surface area contributed by atoms with Crippen LogP contribution in [0.2, 0.25) is 0 Å². The Bertz CT molecular complexity index is 1010. The second kappa shape index (κ2) is 7.37. The molecule has 3 N–H and O–H groups in total. The van der Waals surface area contributed by atoms with E-state index in [-0.39, 0.29) is 5.91 Å². The van der Waals surface area contributed by atoms with Gasteiger partial charge in [-0.3, -0.25) is 9.59 Å². The number of aryl methyl sites for hydroxylation is 2. The fourth-order valence-corrected chi connectivity index (χ4v) is 4.53. The van der Waals surface area contributed by atoms with Crippen LogP contribution in [0, 0.1) is 0 Å². The zero-order chi connectivity index (χ0) is 18.8. The SMILES string of the molecule is NC(=O)c1cc(-c2ccccc2)sc1NC(=O)c1ccc2c(c1)CCCC2. The van der Waals surface area contributed by atoms with E-state index < -0.39 is 5.91 Å². The van der Waals surface area contributed by atoms with Crippen molar-refractivity contribution in [2.45, 2.75) is 25.7 Å². The van der Waals surface area contributed by atoms with Crippen molar-refractivity contribution in [3.05, 3.63) is 76.9 Å². The van der Waals surface area contributed by atoms with Gasteiger partial charge < -0.3 is 11.1 Å². The van der Waals surface area contributed by atoms with Crippen molar-refractivity contribution in [1.29, 1.82) is 0 Å². The summed E-state index contributed by atoms with van der Waals surface area (Å²) in [5.74, 6) is -0.762. The van der Waals surface area contributed by atoms with Gasteiger partial charge in [0.2, 0.25) is 0 Å². The highest BCUT2D eigenvalue weighted by Crippen LogP contribution is 2.35. The number of nitrogens with one attached hydrogen (secondary N) is 1. The van der Waals surface area contributed by atoms with Gasteiger partial charge in [-0.1, -0.05) is 36.4 Å². The van der Waals surface area contributed by atoms with Crippen LogP contribution in [0.1, 0.15) is 44.7 Å². The molecule has 0 unspecified atom stereocenters. The number of hydrogen-bond acceptors (Lipinski definition) is 3. The topological polar surface area (TPSA) is 72.2 Å². The van der Waals surface area contributed by atoms with E-state index in [4.69, 9.17) is 5.73 Å². The van der Waals surface area contributed by atoms with Gasteiger partial charge in [0.1, 0.15) is 5.00 Å². The van der Waals surface area contributed by atoms with Crippen molar-refractivity contribution in [3.63, 3.8) is 0 Å². The summed E-state index contributed by atoms with van der Waals surface area (Å²) in [6.07, 6.45) is 4.46. The molecule has 4 rings (SSSR count). The van der Waals surface area contributed by atoms with Crippen molar-refractivity contribution in [3.8, 4) is 10.4 Å². The Hall–Kier alpha value is -2.92. The Morgan fingerprint density at radius 2 is 1.67 bits per heavy atom. The van der Waals surface area contributed by atoms with E-state index in [1.54, 1.807) is 6.07 Å². The van der Waals surface area contributed by atoms with Crippen LogP contribution >= 0.6 is 11.3 Å². The van der Waals surface area contributed by atoms with Crippen LogP contribution in [0.15, 0.2) is 54.6 Å². The third-order valence-electron chi connectivity index (χ3n) is 4.89. The number of benzene rings is 2. The van der Waals surface area contributed by atoms with Crippen molar-refractivity contribution < 1.29 is 9.59 Å². The lowest BCUT2D eigenvalue weighted by Gasteiger charge is -2.16. The second-order valence-corrected chi connectivity index (χ2v) is 7.78. The molecule has 0 bridgehead atoms. The van der Waals surface area contributed by atoms with Gasteiger partial charge in [0.05, 0.1) is 5.56 Å². The quantitative estimate of drug-likeness (QED) is 0.696. The van der Waals surface area contributed by atoms with Crippen molar-refractivity contribution >= 4 is 28.2 Å². The van der Waals surface area contributed by atoms with Crippen molar-refractivity contribution in [2.24, 2.45) is 5.73 Å². The van der Waals surface area contributed by atoms with Gasteiger partial charge in [-0.25, -0.2) is 0 Å². The van der Waals surface area contributed by atoms with Crippen LogP contribution in [-0.2, 0) is 12.8 Å². The van der Waals surface area contributed by atoms with E-state index in [0.29, 0.717) is 16.1 Å². The summed E-state index contributed by atoms with van der Waals surface area (Å²) >= 11 is 1.36. The third kappa shape index (κ3) is 3.64. The molecule has 0 aliphatic heterocycles. The Balaban J connectivity index is 1.62. The summed E-state index contributed by atoms with van der Waals surface area (Å²) in [4.78, 5) is 25.5. The number of hydrogen-bond donors (Lipinski definition) is 2. The minimum absolute atomic E-state index is 0.215. The molecule has 5 heteroatoms. The van der Waals surface area contributed by atoms with Crippen LogP contribution in [-0.4, -0.2) is 11.8 Å². The van der Waals surface area contributed by atoms with Gasteiger partial charge in [-0.15, -0.1) is 11.3 Å². The highest BCUT2D eigenvalue weighted by molar-refractivity contribution is 7.20. The predicted octanol–water partition coefficient (Wildman–Crippen LogP) is 4.65. The highest BCUT2D eigenvalue weighted by Gasteiger charge is 2.19. The number of rotatable bonds is 4. The molecule has 136 valence electrons. The summed E-state index contributed by atoms with van der Waals surface area (Å²) in [5, 5.41) is 3.37. The molecular formula is C22H20N2O2S. The second-order valence-electron chi connectivity index (χ2n) is 6.73. The maximum absolute atomic E-state index is 12.8. The van der Waals surface area contributed by atoms with E-state index in [2.05, 4.69) is 5.32 Å². The maximum atomic E-state index is 12.8. The first kappa shape index (κ1) is 17.5. The average Bonchev–Trinajstić information content (AvgIpc) is 3.12. The number of primary amides is 1. The zero-order valence-electron chi connectivity index (χ0n) is 14.8. The summed E-state index contributed by atoms with van der Waals surface area (Å²) in [6.45, 7) is 0. The largest absolute Gasteiger partial charge is 0.366 e. The summed E-state index contributed by atoms with van der Waals surface area (Å²) in [6, 6.07) is 17.3. The lowest BCUT2D eigenvalue weighted by atomic mass is 9.90. The molecular weight excluding hydrogens is 356 g/mol. The molecule has 0 spiro atoms. The van der Waals surface area contributed by atoms with Gasteiger partial charge in [-0.05, 0) is 60.6 Å². The first-order valence-electron chi connectivity index (χ1n) is 9.04. The Labute approximate surface area is 162 Å². The number of nitrogens with two attached hydrogens (primary N) is 1. The van der Waals surface area contributed by atoms with Gasteiger partial charge in [0, 0.05) is 10.4 Å². The summed E-state index contributed by atoms with van der Waals surface area (Å²) < 4.78 is 0. The summed E-state index contributed by atoms with van der Waals surface area (Å²) in [5.41, 5.74) is 10.0. The molecule has 0 fully saturated rings. The normalized spacial score (nSPS) is 13.0. The minimum atomic E-state index is -0.547. The van der Waals surface area contributed by atoms with Crippen molar-refractivity contribution in [2.75, 3.05) is 5.32 Å². The van der Waals surface area contributed by atoms with Gasteiger partial charge >= 0.3 is 0 Å².